The molecule has 1 fully saturated rings. The number of ether oxygens (including phenoxy) is 3. The SMILES string of the molecule is COC(=O)C[C@@H]1N=C(c2ccc(NC(=O)CCc3ccc(OCCOCC(=O)C[C@H](C(=O)N4C[C@H](O)C[C@H]4C(=O)N[C@@H](C)c4ccc(-c5scnc5C)cc4)C(C)(C)C)cc3)cc2)c2c(sc(C)c2C)-n2c(C)nnc21. The van der Waals surface area contributed by atoms with E-state index in [2.05, 4.69) is 39.7 Å². The van der Waals surface area contributed by atoms with Crippen LogP contribution in [0.25, 0.3) is 15.4 Å². The predicted molar refractivity (Wildman–Crippen MR) is 292 cm³/mol. The topological polar surface area (TPSA) is 217 Å². The normalized spacial score (nSPS) is 16.9. The summed E-state index contributed by atoms with van der Waals surface area (Å²) in [6.07, 6.45) is -0.0895. The number of Topliss-reactive ketones (excluding diaryl/α,β-unsaturated/α-hetero) is 1. The monoisotopic (exact) mass is 1070 g/mol. The first-order valence-electron chi connectivity index (χ1n) is 25.5. The van der Waals surface area contributed by atoms with E-state index >= 15 is 0 Å². The molecule has 3 N–H and O–H groups in total. The van der Waals surface area contributed by atoms with Crippen LogP contribution in [0.4, 0.5) is 5.69 Å². The number of aromatic nitrogens is 4. The summed E-state index contributed by atoms with van der Waals surface area (Å²) in [5, 5.41) is 26.4. The van der Waals surface area contributed by atoms with Gasteiger partial charge in [-0.25, -0.2) is 4.98 Å². The minimum atomic E-state index is -0.880. The van der Waals surface area contributed by atoms with Crippen molar-refractivity contribution in [3.8, 4) is 21.2 Å². The third-order valence-corrected chi connectivity index (χ3v) is 16.2. The lowest BCUT2D eigenvalue weighted by Gasteiger charge is -2.35. The minimum absolute atomic E-state index is 0.00152. The van der Waals surface area contributed by atoms with E-state index in [1.165, 1.54) is 12.0 Å². The molecule has 5 atom stereocenters. The lowest BCUT2D eigenvalue weighted by Crippen LogP contribution is -2.50. The highest BCUT2D eigenvalue weighted by molar-refractivity contribution is 7.15. The molecule has 17 nitrogen and oxygen atoms in total. The van der Waals surface area contributed by atoms with Gasteiger partial charge < -0.3 is 34.9 Å². The third kappa shape index (κ3) is 12.8. The molecule has 3 amide bonds. The average molecular weight is 1070 g/mol. The van der Waals surface area contributed by atoms with Crippen molar-refractivity contribution in [2.75, 3.05) is 38.8 Å². The number of aryl methyl sites for hydroxylation is 4. The van der Waals surface area contributed by atoms with E-state index in [-0.39, 0.29) is 81.6 Å². The Bertz CT molecular complexity index is 3100. The Hall–Kier alpha value is -6.93. The number of aliphatic hydroxyl groups is 1. The molecule has 3 aromatic heterocycles. The maximum absolute atomic E-state index is 14.2. The summed E-state index contributed by atoms with van der Waals surface area (Å²) in [4.78, 5) is 79.9. The van der Waals surface area contributed by atoms with Crippen molar-refractivity contribution in [1.29, 1.82) is 0 Å². The fourth-order valence-corrected chi connectivity index (χ4v) is 11.6. The number of nitrogens with zero attached hydrogens (tertiary/aromatic N) is 6. The molecule has 0 spiro atoms. The molecule has 0 bridgehead atoms. The second-order valence-corrected chi connectivity index (χ2v) is 22.6. The number of methoxy groups -OCH3 is 1. The number of aliphatic hydroxyl groups excluding tert-OH is 1. The number of carbonyl (C=O) groups is 5. The maximum atomic E-state index is 14.2. The molecule has 76 heavy (non-hydrogen) atoms. The second kappa shape index (κ2) is 24.0. The number of likely N-dealkylation sites (tertiary alicyclic amines) is 1. The van der Waals surface area contributed by atoms with Gasteiger partial charge >= 0.3 is 5.97 Å². The second-order valence-electron chi connectivity index (χ2n) is 20.5. The molecule has 0 aliphatic carbocycles. The number of esters is 1. The van der Waals surface area contributed by atoms with Crippen LogP contribution in [0.15, 0.2) is 83.3 Å². The van der Waals surface area contributed by atoms with E-state index in [1.807, 2.05) is 124 Å². The third-order valence-electron chi connectivity index (χ3n) is 14.0. The van der Waals surface area contributed by atoms with Gasteiger partial charge in [0.25, 0.3) is 0 Å². The van der Waals surface area contributed by atoms with E-state index in [0.717, 1.165) is 59.5 Å². The van der Waals surface area contributed by atoms with Crippen LogP contribution in [0.5, 0.6) is 5.75 Å². The Morgan fingerprint density at radius 3 is 2.29 bits per heavy atom. The maximum Gasteiger partial charge on any atom is 0.308 e. The molecule has 2 aliphatic rings. The minimum Gasteiger partial charge on any atom is -0.491 e. The van der Waals surface area contributed by atoms with Gasteiger partial charge in [-0.2, -0.15) is 0 Å². The molecule has 0 saturated carbocycles. The van der Waals surface area contributed by atoms with Crippen molar-refractivity contribution < 1.29 is 43.3 Å². The zero-order valence-electron chi connectivity index (χ0n) is 44.5. The molecular formula is C57H66N8O9S2. The number of ketones is 1. The summed E-state index contributed by atoms with van der Waals surface area (Å²) < 4.78 is 18.5. The van der Waals surface area contributed by atoms with E-state index in [4.69, 9.17) is 19.2 Å². The first kappa shape index (κ1) is 55.3. The van der Waals surface area contributed by atoms with Gasteiger partial charge in [0.1, 0.15) is 41.9 Å². The average Bonchev–Trinajstić information content (AvgIpc) is 4.19. The highest BCUT2D eigenvalue weighted by Crippen LogP contribution is 2.40. The summed E-state index contributed by atoms with van der Waals surface area (Å²) >= 11 is 3.20. The molecule has 0 unspecified atom stereocenters. The summed E-state index contributed by atoms with van der Waals surface area (Å²) in [7, 11) is 1.35. The lowest BCUT2D eigenvalue weighted by atomic mass is 9.77. The van der Waals surface area contributed by atoms with Crippen LogP contribution in [-0.4, -0.2) is 111 Å². The number of nitrogens with one attached hydrogen (secondary N) is 2. The number of hydrogen-bond donors (Lipinski definition) is 3. The number of rotatable bonds is 20. The fourth-order valence-electron chi connectivity index (χ4n) is 9.57. The van der Waals surface area contributed by atoms with E-state index in [9.17, 15) is 29.1 Å². The first-order chi connectivity index (χ1) is 36.3. The standard InChI is InChI=1S/C57H66N8O9S2/c1-32-35(4)76-56-50(32)51(61-46(28-49(69)72-9)53-63-62-36(5)65(53)56)39-17-19-41(20-18-39)60-48(68)23-12-37-10-21-44(22-11-37)74-25-24-73-30-43(67)26-45(57(6,7)8)55(71)64-29-42(66)27-47(64)54(70)59-33(2)38-13-15-40(16-14-38)52-34(3)58-31-75-52/h10-11,13-22,31,33,42,45-47,66H,12,23-30H2,1-9H3,(H,59,70)(H,60,68)/t33-,42+,45+,46-,47-/m0/s1. The number of fused-ring (bicyclic) bond motifs is 3. The van der Waals surface area contributed by atoms with Crippen LogP contribution < -0.4 is 15.4 Å². The van der Waals surface area contributed by atoms with Crippen molar-refractivity contribution in [2.45, 2.75) is 112 Å². The van der Waals surface area contributed by atoms with Crippen LogP contribution >= 0.6 is 22.7 Å². The largest absolute Gasteiger partial charge is 0.491 e. The van der Waals surface area contributed by atoms with Gasteiger partial charge in [0.05, 0.1) is 54.1 Å². The molecule has 3 aromatic carbocycles. The van der Waals surface area contributed by atoms with Crippen molar-refractivity contribution in [3.63, 3.8) is 0 Å². The molecular weight excluding hydrogens is 1000 g/mol. The van der Waals surface area contributed by atoms with Gasteiger partial charge in [-0.05, 0) is 93.0 Å². The Labute approximate surface area is 451 Å². The highest BCUT2D eigenvalue weighted by Gasteiger charge is 2.45. The summed E-state index contributed by atoms with van der Waals surface area (Å²) in [6, 6.07) is 21.1. The Kier molecular flexibility index (Phi) is 17.4. The summed E-state index contributed by atoms with van der Waals surface area (Å²) in [5.74, 6) is -0.378. The number of carbonyl (C=O) groups excluding carboxylic acids is 5. The zero-order chi connectivity index (χ0) is 54.4. The van der Waals surface area contributed by atoms with Crippen LogP contribution in [0.1, 0.15) is 115 Å². The van der Waals surface area contributed by atoms with Crippen molar-refractivity contribution in [2.24, 2.45) is 16.3 Å². The molecule has 19 heteroatoms. The zero-order valence-corrected chi connectivity index (χ0v) is 46.1. The van der Waals surface area contributed by atoms with Crippen molar-refractivity contribution >= 4 is 63.5 Å². The first-order valence-corrected chi connectivity index (χ1v) is 27.2. The summed E-state index contributed by atoms with van der Waals surface area (Å²) in [6.45, 7) is 15.6. The number of thiazole rings is 1. The lowest BCUT2D eigenvalue weighted by molar-refractivity contribution is -0.147. The van der Waals surface area contributed by atoms with Crippen molar-refractivity contribution in [3.05, 3.63) is 128 Å². The number of aliphatic imine (C=N–C) groups is 1. The number of anilines is 1. The van der Waals surface area contributed by atoms with E-state index < -0.39 is 35.5 Å². The molecule has 8 rings (SSSR count). The Morgan fingerprint density at radius 1 is 0.908 bits per heavy atom. The van der Waals surface area contributed by atoms with Gasteiger partial charge in [-0.15, -0.1) is 32.9 Å². The van der Waals surface area contributed by atoms with Crippen LogP contribution in [0, 0.1) is 39.0 Å². The number of benzene rings is 3. The van der Waals surface area contributed by atoms with Gasteiger partial charge in [-0.3, -0.25) is 33.5 Å². The smallest absolute Gasteiger partial charge is 0.308 e. The van der Waals surface area contributed by atoms with Crippen LogP contribution in [0.3, 0.4) is 0 Å². The van der Waals surface area contributed by atoms with E-state index in [0.29, 0.717) is 29.5 Å². The number of hydrogen-bond acceptors (Lipinski definition) is 15. The molecule has 2 aliphatic heterocycles. The van der Waals surface area contributed by atoms with Crippen LogP contribution in [-0.2, 0) is 39.9 Å². The van der Waals surface area contributed by atoms with Gasteiger partial charge in [0.15, 0.2) is 11.6 Å². The number of β-amino-alcohol motifs (C(OH)–C–C–N with tert-alkyl or cyclic N) is 1. The van der Waals surface area contributed by atoms with Crippen molar-refractivity contribution in [1.82, 2.24) is 30.0 Å². The molecule has 0 radical (unpaired) electrons. The van der Waals surface area contributed by atoms with Crippen LogP contribution in [0.2, 0.25) is 0 Å². The molecule has 5 heterocycles. The quantitative estimate of drug-likeness (QED) is 0.0484. The fraction of sp³-hybridized carbons (Fsp3) is 0.421. The Morgan fingerprint density at radius 2 is 1.62 bits per heavy atom. The molecule has 1 saturated heterocycles. The summed E-state index contributed by atoms with van der Waals surface area (Å²) in [5.41, 5.74) is 9.29. The molecule has 400 valence electrons. The molecule has 6 aromatic rings. The number of amides is 3. The van der Waals surface area contributed by atoms with E-state index in [1.54, 1.807) is 22.7 Å². The van der Waals surface area contributed by atoms with Gasteiger partial charge in [-0.1, -0.05) is 69.3 Å². The Balaban J connectivity index is 0.773. The highest BCUT2D eigenvalue weighted by atomic mass is 32.1. The van der Waals surface area contributed by atoms with Gasteiger partial charge in [0.2, 0.25) is 17.7 Å². The number of thiophene rings is 1. The predicted octanol–water partition coefficient (Wildman–Crippen LogP) is 8.57. The van der Waals surface area contributed by atoms with Gasteiger partial charge in [0, 0.05) is 53.4 Å².